The van der Waals surface area contributed by atoms with Crippen LogP contribution in [0.5, 0.6) is 0 Å². The largest absolute Gasteiger partial charge is 0.396 e. The van der Waals surface area contributed by atoms with Crippen LogP contribution in [0.4, 0.5) is 11.4 Å². The van der Waals surface area contributed by atoms with E-state index in [9.17, 15) is 13.2 Å². The van der Waals surface area contributed by atoms with Crippen molar-refractivity contribution in [3.63, 3.8) is 0 Å². The van der Waals surface area contributed by atoms with E-state index < -0.39 is 15.9 Å². The molecule has 0 aliphatic rings. The molecule has 2 aromatic rings. The first-order valence-corrected chi connectivity index (χ1v) is 7.47. The highest BCUT2D eigenvalue weighted by atomic mass is 32.2. The van der Waals surface area contributed by atoms with Gasteiger partial charge in [0.2, 0.25) is 10.0 Å². The molecular weight excluding hydrogens is 294 g/mol. The average molecular weight is 309 g/mol. The molecule has 9 heteroatoms. The third-order valence-electron chi connectivity index (χ3n) is 3.02. The number of amides is 1. The number of hydrogen-bond donors (Lipinski definition) is 3. The van der Waals surface area contributed by atoms with Crippen LogP contribution in [0.2, 0.25) is 0 Å². The van der Waals surface area contributed by atoms with Gasteiger partial charge in [-0.1, -0.05) is 6.07 Å². The molecule has 112 valence electrons. The summed E-state index contributed by atoms with van der Waals surface area (Å²) in [6.07, 6.45) is 1.36. The number of hydrogen-bond acceptors (Lipinski definition) is 5. The van der Waals surface area contributed by atoms with Gasteiger partial charge in [-0.05, 0) is 24.6 Å². The van der Waals surface area contributed by atoms with E-state index in [0.717, 1.165) is 0 Å². The second-order valence-electron chi connectivity index (χ2n) is 4.50. The Bertz CT molecular complexity index is 791. The number of carbonyl (C=O) groups excluding carboxylic acids is 1. The first-order chi connectivity index (χ1) is 9.71. The Morgan fingerprint density at radius 2 is 2.05 bits per heavy atom. The quantitative estimate of drug-likeness (QED) is 0.745. The maximum Gasteiger partial charge on any atom is 0.276 e. The van der Waals surface area contributed by atoms with Crippen LogP contribution in [0.25, 0.3) is 0 Å². The van der Waals surface area contributed by atoms with Crippen molar-refractivity contribution < 1.29 is 13.2 Å². The highest BCUT2D eigenvalue weighted by Gasteiger charge is 2.18. The molecule has 0 aliphatic carbocycles. The molecule has 0 saturated carbocycles. The fourth-order valence-corrected chi connectivity index (χ4v) is 2.78. The van der Waals surface area contributed by atoms with E-state index in [1.54, 1.807) is 20.0 Å². The van der Waals surface area contributed by atoms with Gasteiger partial charge >= 0.3 is 0 Å². The lowest BCUT2D eigenvalue weighted by Crippen LogP contribution is -2.19. The normalized spacial score (nSPS) is 11.4. The fraction of sp³-hybridized carbons (Fsp3) is 0.167. The smallest absolute Gasteiger partial charge is 0.276 e. The highest BCUT2D eigenvalue weighted by molar-refractivity contribution is 7.89. The lowest BCUT2D eigenvalue weighted by molar-refractivity contribution is 0.101. The van der Waals surface area contributed by atoms with E-state index in [2.05, 4.69) is 10.4 Å². The summed E-state index contributed by atoms with van der Waals surface area (Å²) in [6, 6.07) is 4.45. The predicted molar refractivity (Wildman–Crippen MR) is 78.1 cm³/mol. The number of aryl methyl sites for hydroxylation is 1. The Kier molecular flexibility index (Phi) is 3.71. The monoisotopic (exact) mass is 309 g/mol. The van der Waals surface area contributed by atoms with Gasteiger partial charge < -0.3 is 11.1 Å². The van der Waals surface area contributed by atoms with E-state index in [0.29, 0.717) is 11.3 Å². The number of rotatable bonds is 3. The molecule has 0 saturated heterocycles. The second kappa shape index (κ2) is 5.19. The van der Waals surface area contributed by atoms with Crippen molar-refractivity contribution in [2.24, 2.45) is 12.2 Å². The number of benzene rings is 1. The number of nitrogens with one attached hydrogen (secondary N) is 1. The van der Waals surface area contributed by atoms with Crippen molar-refractivity contribution in [3.05, 3.63) is 35.7 Å². The first kappa shape index (κ1) is 15.0. The third kappa shape index (κ3) is 2.88. The Labute approximate surface area is 121 Å². The summed E-state index contributed by atoms with van der Waals surface area (Å²) in [6.45, 7) is 1.56. The van der Waals surface area contributed by atoms with Crippen molar-refractivity contribution in [3.8, 4) is 0 Å². The van der Waals surface area contributed by atoms with Crippen LogP contribution >= 0.6 is 0 Å². The van der Waals surface area contributed by atoms with Gasteiger partial charge in [-0.15, -0.1) is 0 Å². The summed E-state index contributed by atoms with van der Waals surface area (Å²) in [4.78, 5) is 12.2. The number of primary sulfonamides is 1. The van der Waals surface area contributed by atoms with E-state index in [1.165, 1.54) is 23.0 Å². The third-order valence-corrected chi connectivity index (χ3v) is 4.08. The molecule has 0 unspecified atom stereocenters. The fourth-order valence-electron chi connectivity index (χ4n) is 1.97. The number of nitrogen functional groups attached to an aromatic ring is 1. The molecule has 0 fully saturated rings. The maximum absolute atomic E-state index is 12.2. The Morgan fingerprint density at radius 1 is 1.38 bits per heavy atom. The van der Waals surface area contributed by atoms with Crippen LogP contribution in [0, 0.1) is 6.92 Å². The molecule has 0 spiro atoms. The van der Waals surface area contributed by atoms with Crippen molar-refractivity contribution in [1.82, 2.24) is 9.78 Å². The minimum atomic E-state index is -3.86. The number of nitrogens with zero attached hydrogens (tertiary/aromatic N) is 2. The maximum atomic E-state index is 12.2. The molecule has 1 amide bonds. The van der Waals surface area contributed by atoms with E-state index in [-0.39, 0.29) is 16.3 Å². The molecular formula is C12H15N5O3S. The van der Waals surface area contributed by atoms with Crippen molar-refractivity contribution in [2.75, 3.05) is 11.1 Å². The molecule has 5 N–H and O–H groups in total. The van der Waals surface area contributed by atoms with Crippen LogP contribution in [-0.4, -0.2) is 24.1 Å². The van der Waals surface area contributed by atoms with E-state index in [4.69, 9.17) is 10.9 Å². The number of nitrogens with two attached hydrogens (primary N) is 2. The van der Waals surface area contributed by atoms with Crippen LogP contribution in [-0.2, 0) is 17.1 Å². The minimum absolute atomic E-state index is 0.0433. The van der Waals surface area contributed by atoms with E-state index >= 15 is 0 Å². The number of aromatic nitrogens is 2. The van der Waals surface area contributed by atoms with Crippen LogP contribution in [0.1, 0.15) is 16.1 Å². The van der Waals surface area contributed by atoms with Gasteiger partial charge in [0, 0.05) is 12.7 Å². The number of anilines is 2. The first-order valence-electron chi connectivity index (χ1n) is 5.93. The second-order valence-corrected chi connectivity index (χ2v) is 6.03. The molecule has 21 heavy (non-hydrogen) atoms. The summed E-state index contributed by atoms with van der Waals surface area (Å²) < 4.78 is 24.3. The molecule has 0 radical (unpaired) electrons. The lowest BCUT2D eigenvalue weighted by atomic mass is 10.2. The number of carbonyl (C=O) groups is 1. The molecule has 1 aromatic carbocycles. The minimum Gasteiger partial charge on any atom is -0.396 e. The average Bonchev–Trinajstić information content (AvgIpc) is 2.70. The van der Waals surface area contributed by atoms with Crippen LogP contribution < -0.4 is 16.2 Å². The lowest BCUT2D eigenvalue weighted by Gasteiger charge is -2.11. The summed E-state index contributed by atoms with van der Waals surface area (Å²) >= 11 is 0. The molecule has 1 heterocycles. The highest BCUT2D eigenvalue weighted by Crippen LogP contribution is 2.23. The van der Waals surface area contributed by atoms with Gasteiger partial charge in [0.25, 0.3) is 5.91 Å². The van der Waals surface area contributed by atoms with Gasteiger partial charge in [-0.3, -0.25) is 9.48 Å². The molecule has 0 bridgehead atoms. The summed E-state index contributed by atoms with van der Waals surface area (Å²) in [5, 5.41) is 11.6. The molecule has 0 aliphatic heterocycles. The van der Waals surface area contributed by atoms with E-state index in [1.807, 2.05) is 0 Å². The Balaban J connectivity index is 2.40. The van der Waals surface area contributed by atoms with Gasteiger partial charge in [-0.2, -0.15) is 5.10 Å². The SMILES string of the molecule is Cc1c(NC(=O)c2c(N)cnn2C)cccc1S(N)(=O)=O. The molecule has 1 aromatic heterocycles. The Hall–Kier alpha value is -2.39. The van der Waals surface area contributed by atoms with Crippen molar-refractivity contribution in [2.45, 2.75) is 11.8 Å². The summed E-state index contributed by atoms with van der Waals surface area (Å²) in [7, 11) is -2.27. The topological polar surface area (TPSA) is 133 Å². The zero-order chi connectivity index (χ0) is 15.8. The summed E-state index contributed by atoms with van der Waals surface area (Å²) in [5.41, 5.74) is 6.79. The molecule has 8 nitrogen and oxygen atoms in total. The number of sulfonamides is 1. The Morgan fingerprint density at radius 3 is 2.57 bits per heavy atom. The predicted octanol–water partition coefficient (Wildman–Crippen LogP) is 0.210. The molecule has 2 rings (SSSR count). The van der Waals surface area contributed by atoms with Gasteiger partial charge in [-0.25, -0.2) is 13.6 Å². The zero-order valence-electron chi connectivity index (χ0n) is 11.5. The van der Waals surface area contributed by atoms with Gasteiger partial charge in [0.05, 0.1) is 16.8 Å². The zero-order valence-corrected chi connectivity index (χ0v) is 12.3. The van der Waals surface area contributed by atoms with Crippen molar-refractivity contribution in [1.29, 1.82) is 0 Å². The summed E-state index contributed by atoms with van der Waals surface area (Å²) in [5.74, 6) is -0.484. The van der Waals surface area contributed by atoms with Gasteiger partial charge in [0.15, 0.2) is 0 Å². The van der Waals surface area contributed by atoms with Crippen LogP contribution in [0.3, 0.4) is 0 Å². The standard InChI is InChI=1S/C12H15N5O3S/c1-7-9(4-3-5-10(7)21(14,19)20)16-12(18)11-8(13)6-15-17(11)2/h3-6H,13H2,1-2H3,(H,16,18)(H2,14,19,20). The van der Waals surface area contributed by atoms with Gasteiger partial charge in [0.1, 0.15) is 5.69 Å². The van der Waals surface area contributed by atoms with Crippen molar-refractivity contribution >= 4 is 27.3 Å². The van der Waals surface area contributed by atoms with Crippen LogP contribution in [0.15, 0.2) is 29.3 Å². The molecule has 0 atom stereocenters.